The van der Waals surface area contributed by atoms with Crippen LogP contribution in [-0.4, -0.2) is 47.4 Å². The first-order chi connectivity index (χ1) is 42.5. The van der Waals surface area contributed by atoms with Gasteiger partial charge in [-0.05, 0) is 89.9 Å². The molecule has 3 N–H and O–H groups in total. The Morgan fingerprint density at radius 3 is 0.907 bits per heavy atom. The molecule has 0 aromatic heterocycles. The van der Waals surface area contributed by atoms with Gasteiger partial charge < -0.3 is 20.3 Å². The van der Waals surface area contributed by atoms with Crippen molar-refractivity contribution in [2.75, 3.05) is 13.2 Å². The van der Waals surface area contributed by atoms with E-state index < -0.39 is 12.1 Å². The van der Waals surface area contributed by atoms with E-state index in [4.69, 9.17) is 4.74 Å². The topological polar surface area (TPSA) is 95.9 Å². The molecular weight excluding hydrogens is 1050 g/mol. The number of amides is 1. The molecule has 0 aromatic rings. The first kappa shape index (κ1) is 83.8. The van der Waals surface area contributed by atoms with Gasteiger partial charge in [0.2, 0.25) is 5.91 Å². The SMILES string of the molecule is CCCCCC/C=C\C/C=C\CCCCCCCC(=O)OCCCCCCCCCCCCCCCCCC/C=C\CCCCCCCCCCCCCCCCCCCC(=O)NC(CO)C(O)/C=C/CCCCCCCCCCCCCCCC. The monoisotopic (exact) mass is 1210 g/mol. The van der Waals surface area contributed by atoms with Crippen LogP contribution in [0.2, 0.25) is 0 Å². The minimum Gasteiger partial charge on any atom is -0.466 e. The summed E-state index contributed by atoms with van der Waals surface area (Å²) in [6, 6.07) is -0.625. The van der Waals surface area contributed by atoms with E-state index in [9.17, 15) is 19.8 Å². The van der Waals surface area contributed by atoms with Crippen LogP contribution in [0.15, 0.2) is 48.6 Å². The van der Waals surface area contributed by atoms with Crippen LogP contribution in [0, 0.1) is 0 Å². The average molecular weight is 1210 g/mol. The largest absolute Gasteiger partial charge is 0.466 e. The minimum absolute atomic E-state index is 0.00803. The molecule has 0 rings (SSSR count). The highest BCUT2D eigenvalue weighted by Gasteiger charge is 2.18. The summed E-state index contributed by atoms with van der Waals surface area (Å²) >= 11 is 0. The predicted octanol–water partition coefficient (Wildman–Crippen LogP) is 25.6. The lowest BCUT2D eigenvalue weighted by molar-refractivity contribution is -0.143. The van der Waals surface area contributed by atoms with E-state index in [-0.39, 0.29) is 18.5 Å². The molecular formula is C80H151NO5. The van der Waals surface area contributed by atoms with E-state index in [0.29, 0.717) is 19.4 Å². The number of ether oxygens (including phenoxy) is 1. The van der Waals surface area contributed by atoms with Crippen molar-refractivity contribution in [1.82, 2.24) is 5.32 Å². The van der Waals surface area contributed by atoms with Crippen molar-refractivity contribution in [1.29, 1.82) is 0 Å². The molecule has 6 heteroatoms. The lowest BCUT2D eigenvalue weighted by Gasteiger charge is -2.20. The van der Waals surface area contributed by atoms with Gasteiger partial charge in [0.05, 0.1) is 25.4 Å². The van der Waals surface area contributed by atoms with Gasteiger partial charge in [0.15, 0.2) is 0 Å². The Morgan fingerprint density at radius 1 is 0.326 bits per heavy atom. The smallest absolute Gasteiger partial charge is 0.305 e. The van der Waals surface area contributed by atoms with Crippen LogP contribution < -0.4 is 5.32 Å². The minimum atomic E-state index is -0.842. The Labute approximate surface area is 537 Å². The van der Waals surface area contributed by atoms with Crippen molar-refractivity contribution < 1.29 is 24.5 Å². The number of unbranched alkanes of at least 4 members (excludes halogenated alkanes) is 56. The molecule has 86 heavy (non-hydrogen) atoms. The Kier molecular flexibility index (Phi) is 73.4. The molecule has 2 unspecified atom stereocenters. The van der Waals surface area contributed by atoms with Gasteiger partial charge in [-0.2, -0.15) is 0 Å². The molecule has 0 aliphatic carbocycles. The van der Waals surface area contributed by atoms with Crippen molar-refractivity contribution in [3.05, 3.63) is 48.6 Å². The van der Waals surface area contributed by atoms with Gasteiger partial charge in [-0.15, -0.1) is 0 Å². The Hall–Kier alpha value is -2.18. The van der Waals surface area contributed by atoms with Crippen LogP contribution in [0.4, 0.5) is 0 Å². The lowest BCUT2D eigenvalue weighted by atomic mass is 10.0. The van der Waals surface area contributed by atoms with Crippen LogP contribution in [0.3, 0.4) is 0 Å². The normalized spacial score (nSPS) is 12.7. The molecule has 0 aliphatic rings. The maximum Gasteiger partial charge on any atom is 0.305 e. The summed E-state index contributed by atoms with van der Waals surface area (Å²) < 4.78 is 5.50. The van der Waals surface area contributed by atoms with Crippen molar-refractivity contribution in [3.63, 3.8) is 0 Å². The van der Waals surface area contributed by atoms with Crippen LogP contribution in [0.1, 0.15) is 425 Å². The zero-order chi connectivity index (χ0) is 62.0. The fourth-order valence-electron chi connectivity index (χ4n) is 12.1. The summed E-state index contributed by atoms with van der Waals surface area (Å²) in [7, 11) is 0. The summed E-state index contributed by atoms with van der Waals surface area (Å²) in [4.78, 5) is 24.6. The van der Waals surface area contributed by atoms with Gasteiger partial charge in [-0.1, -0.05) is 371 Å². The highest BCUT2D eigenvalue weighted by Crippen LogP contribution is 2.19. The summed E-state index contributed by atoms with van der Waals surface area (Å²) in [5, 5.41) is 23.2. The zero-order valence-corrected chi connectivity index (χ0v) is 58.1. The second kappa shape index (κ2) is 75.3. The maximum absolute atomic E-state index is 12.5. The molecule has 0 saturated heterocycles. The molecule has 1 amide bonds. The number of carbonyl (C=O) groups is 2. The van der Waals surface area contributed by atoms with E-state index in [2.05, 4.69) is 55.6 Å². The third-order valence-corrected chi connectivity index (χ3v) is 18.1. The fraction of sp³-hybridized carbons (Fsp3) is 0.875. The van der Waals surface area contributed by atoms with E-state index in [1.807, 2.05) is 6.08 Å². The molecule has 2 atom stereocenters. The number of hydrogen-bond acceptors (Lipinski definition) is 5. The van der Waals surface area contributed by atoms with Crippen LogP contribution in [-0.2, 0) is 14.3 Å². The van der Waals surface area contributed by atoms with Crippen LogP contribution in [0.25, 0.3) is 0 Å². The van der Waals surface area contributed by atoms with Crippen LogP contribution >= 0.6 is 0 Å². The molecule has 0 radical (unpaired) electrons. The quantitative estimate of drug-likeness (QED) is 0.0320. The zero-order valence-electron chi connectivity index (χ0n) is 58.1. The number of rotatable bonds is 73. The number of aliphatic hydroxyl groups is 2. The highest BCUT2D eigenvalue weighted by molar-refractivity contribution is 5.76. The Balaban J connectivity index is 3.35. The summed E-state index contributed by atoms with van der Waals surface area (Å²) in [5.41, 5.74) is 0. The predicted molar refractivity (Wildman–Crippen MR) is 379 cm³/mol. The molecule has 0 fully saturated rings. The number of esters is 1. The number of allylic oxidation sites excluding steroid dienone is 7. The van der Waals surface area contributed by atoms with E-state index in [0.717, 1.165) is 51.4 Å². The molecule has 0 spiro atoms. The van der Waals surface area contributed by atoms with Crippen molar-refractivity contribution in [2.45, 2.75) is 437 Å². The van der Waals surface area contributed by atoms with Crippen LogP contribution in [0.5, 0.6) is 0 Å². The van der Waals surface area contributed by atoms with Gasteiger partial charge in [0.25, 0.3) is 0 Å². The van der Waals surface area contributed by atoms with Gasteiger partial charge in [-0.3, -0.25) is 9.59 Å². The lowest BCUT2D eigenvalue weighted by Crippen LogP contribution is -2.45. The molecule has 0 heterocycles. The standard InChI is InChI=1S/C80H151NO5/c1-3-5-7-9-11-13-15-17-19-44-48-52-56-60-64-68-72-78(83)77(76-82)81-79(84)73-69-65-61-57-53-49-45-42-40-38-36-34-32-30-28-26-24-22-21-23-25-27-29-31-33-35-37-39-41-43-47-51-55-59-63-67-71-75-86-80(85)74-70-66-62-58-54-50-46-20-18-16-14-12-10-8-6-4-2/h14,16,20-21,23,46,68,72,77-78,82-83H,3-13,15,17-19,22,24-45,47-67,69-71,73-76H2,1-2H3,(H,81,84)/b16-14-,23-21-,46-20-,72-68+. The molecule has 0 saturated carbocycles. The Bertz CT molecular complexity index is 1440. The van der Waals surface area contributed by atoms with Gasteiger partial charge in [-0.25, -0.2) is 0 Å². The molecule has 0 bridgehead atoms. The average Bonchev–Trinajstić information content (AvgIpc) is 3.60. The Morgan fingerprint density at radius 2 is 0.581 bits per heavy atom. The van der Waals surface area contributed by atoms with Gasteiger partial charge >= 0.3 is 5.97 Å². The number of aliphatic hydroxyl groups excluding tert-OH is 2. The van der Waals surface area contributed by atoms with E-state index in [1.165, 1.54) is 347 Å². The molecule has 0 aromatic carbocycles. The summed E-state index contributed by atoms with van der Waals surface area (Å²) in [5.74, 6) is -0.0533. The second-order valence-electron chi connectivity index (χ2n) is 26.7. The first-order valence-corrected chi connectivity index (χ1v) is 38.9. The van der Waals surface area contributed by atoms with Crippen molar-refractivity contribution in [3.8, 4) is 0 Å². The number of hydrogen-bond donors (Lipinski definition) is 3. The molecule has 0 aliphatic heterocycles. The first-order valence-electron chi connectivity index (χ1n) is 38.9. The second-order valence-corrected chi connectivity index (χ2v) is 26.7. The third kappa shape index (κ3) is 70.9. The van der Waals surface area contributed by atoms with Crippen molar-refractivity contribution in [2.24, 2.45) is 0 Å². The number of carbonyl (C=O) groups excluding carboxylic acids is 2. The molecule has 506 valence electrons. The van der Waals surface area contributed by atoms with E-state index >= 15 is 0 Å². The van der Waals surface area contributed by atoms with Crippen molar-refractivity contribution >= 4 is 11.9 Å². The van der Waals surface area contributed by atoms with Gasteiger partial charge in [0, 0.05) is 12.8 Å². The summed E-state index contributed by atoms with van der Waals surface area (Å²) in [6.45, 7) is 4.92. The highest BCUT2D eigenvalue weighted by atomic mass is 16.5. The van der Waals surface area contributed by atoms with E-state index in [1.54, 1.807) is 6.08 Å². The maximum atomic E-state index is 12.5. The fourth-order valence-corrected chi connectivity index (χ4v) is 12.1. The van der Waals surface area contributed by atoms with Gasteiger partial charge in [0.1, 0.15) is 0 Å². The third-order valence-electron chi connectivity index (χ3n) is 18.1. The molecule has 6 nitrogen and oxygen atoms in total. The summed E-state index contributed by atoms with van der Waals surface area (Å²) in [6.07, 6.45) is 99.5. The number of nitrogens with one attached hydrogen (secondary N) is 1.